The van der Waals surface area contributed by atoms with E-state index < -0.39 is 5.54 Å². The summed E-state index contributed by atoms with van der Waals surface area (Å²) in [6.45, 7) is 1.36. The average molecular weight is 487 g/mol. The molecule has 188 valence electrons. The Hall–Kier alpha value is -3.64. The maximum absolute atomic E-state index is 13.4. The number of aliphatic hydroxyl groups excluding tert-OH is 1. The molecule has 1 aliphatic heterocycles. The van der Waals surface area contributed by atoms with Gasteiger partial charge in [0.15, 0.2) is 5.54 Å². The molecule has 1 aliphatic rings. The van der Waals surface area contributed by atoms with Gasteiger partial charge in [-0.05, 0) is 54.7 Å². The van der Waals surface area contributed by atoms with Crippen LogP contribution in [-0.2, 0) is 22.4 Å². The Balaban J connectivity index is 1.41. The summed E-state index contributed by atoms with van der Waals surface area (Å²) in [6.07, 6.45) is 3.96. The average Bonchev–Trinajstić information content (AvgIpc) is 3.35. The third kappa shape index (κ3) is 6.95. The number of nitrogens with one attached hydrogen (secondary N) is 1. The molecule has 0 aliphatic carbocycles. The second-order valence-electron chi connectivity index (χ2n) is 9.05. The number of aryl methyl sites for hydroxylation is 1. The van der Waals surface area contributed by atoms with Gasteiger partial charge in [0.25, 0.3) is 5.91 Å². The first-order valence-corrected chi connectivity index (χ1v) is 12.6. The monoisotopic (exact) mass is 486 g/mol. The highest BCUT2D eigenvalue weighted by Gasteiger charge is 2.44. The van der Waals surface area contributed by atoms with Crippen molar-refractivity contribution in [3.63, 3.8) is 0 Å². The summed E-state index contributed by atoms with van der Waals surface area (Å²) in [5.74, 6) is 1.08. The second kappa shape index (κ2) is 12.9. The highest BCUT2D eigenvalue weighted by molar-refractivity contribution is 6.00. The van der Waals surface area contributed by atoms with Gasteiger partial charge in [-0.2, -0.15) is 0 Å². The van der Waals surface area contributed by atoms with E-state index >= 15 is 0 Å². The number of amides is 1. The van der Waals surface area contributed by atoms with Crippen molar-refractivity contribution in [2.45, 2.75) is 37.6 Å². The van der Waals surface area contributed by atoms with E-state index in [0.717, 1.165) is 36.1 Å². The van der Waals surface area contributed by atoms with Crippen molar-refractivity contribution in [1.29, 1.82) is 0 Å². The Morgan fingerprint density at radius 3 is 2.31 bits per heavy atom. The lowest BCUT2D eigenvalue weighted by Crippen LogP contribution is -2.48. The predicted octanol–water partition coefficient (Wildman–Crippen LogP) is 4.35. The first-order valence-electron chi connectivity index (χ1n) is 12.6. The predicted molar refractivity (Wildman–Crippen MR) is 141 cm³/mol. The number of rotatable bonds is 13. The Morgan fingerprint density at radius 1 is 0.917 bits per heavy atom. The minimum Gasteiger partial charge on any atom is -0.494 e. The van der Waals surface area contributed by atoms with Gasteiger partial charge >= 0.3 is 0 Å². The Morgan fingerprint density at radius 2 is 1.61 bits per heavy atom. The zero-order valence-corrected chi connectivity index (χ0v) is 20.6. The lowest BCUT2D eigenvalue weighted by atomic mass is 9.91. The fourth-order valence-corrected chi connectivity index (χ4v) is 4.23. The molecule has 1 heterocycles. The Labute approximate surface area is 213 Å². The van der Waals surface area contributed by atoms with Gasteiger partial charge in [0.1, 0.15) is 12.4 Å². The van der Waals surface area contributed by atoms with Crippen LogP contribution < -0.4 is 10.1 Å². The number of ether oxygens (including phenoxy) is 2. The summed E-state index contributed by atoms with van der Waals surface area (Å²) >= 11 is 0. The van der Waals surface area contributed by atoms with E-state index in [4.69, 9.17) is 19.6 Å². The molecule has 0 spiro atoms. The lowest BCUT2D eigenvalue weighted by Gasteiger charge is -2.23. The van der Waals surface area contributed by atoms with Gasteiger partial charge in [-0.3, -0.25) is 4.79 Å². The second-order valence-corrected chi connectivity index (χ2v) is 9.05. The molecule has 6 nitrogen and oxygen atoms in total. The minimum atomic E-state index is -1.01. The SMILES string of the molecule is O=C(NCCCCc1ccccc1)[C@@]1(Cc2ccccc2)COC(c2ccc(OCCCO)cc2)=N1. The van der Waals surface area contributed by atoms with E-state index in [1.807, 2.05) is 60.7 Å². The maximum atomic E-state index is 13.4. The number of carbonyl (C=O) groups is 1. The summed E-state index contributed by atoms with van der Waals surface area (Å²) in [6, 6.07) is 27.8. The van der Waals surface area contributed by atoms with Crippen molar-refractivity contribution >= 4 is 11.8 Å². The zero-order valence-electron chi connectivity index (χ0n) is 20.6. The quantitative estimate of drug-likeness (QED) is 0.352. The molecule has 1 amide bonds. The van der Waals surface area contributed by atoms with Crippen LogP contribution in [0.1, 0.15) is 36.0 Å². The molecule has 6 heteroatoms. The molecule has 0 aromatic heterocycles. The van der Waals surface area contributed by atoms with E-state index in [2.05, 4.69) is 29.6 Å². The number of benzene rings is 3. The third-order valence-corrected chi connectivity index (χ3v) is 6.22. The van der Waals surface area contributed by atoms with Crippen molar-refractivity contribution < 1.29 is 19.4 Å². The summed E-state index contributed by atoms with van der Waals surface area (Å²) in [5.41, 5.74) is 2.15. The lowest BCUT2D eigenvalue weighted by molar-refractivity contribution is -0.126. The van der Waals surface area contributed by atoms with Gasteiger partial charge in [0.05, 0.1) is 6.61 Å². The van der Waals surface area contributed by atoms with Gasteiger partial charge in [0.2, 0.25) is 5.90 Å². The van der Waals surface area contributed by atoms with Gasteiger partial charge in [-0.15, -0.1) is 0 Å². The van der Waals surface area contributed by atoms with Crippen LogP contribution in [-0.4, -0.2) is 48.8 Å². The molecule has 3 aromatic carbocycles. The number of carbonyl (C=O) groups excluding carboxylic acids is 1. The van der Waals surface area contributed by atoms with Crippen molar-refractivity contribution in [1.82, 2.24) is 5.32 Å². The van der Waals surface area contributed by atoms with Crippen LogP contribution in [0, 0.1) is 0 Å². The number of aliphatic hydroxyl groups is 1. The molecule has 1 atom stereocenters. The summed E-state index contributed by atoms with van der Waals surface area (Å²) in [4.78, 5) is 18.3. The first-order chi connectivity index (χ1) is 17.7. The summed E-state index contributed by atoms with van der Waals surface area (Å²) < 4.78 is 11.6. The number of nitrogens with zero attached hydrogens (tertiary/aromatic N) is 1. The van der Waals surface area contributed by atoms with Crippen LogP contribution in [0.25, 0.3) is 0 Å². The zero-order chi connectivity index (χ0) is 25.1. The van der Waals surface area contributed by atoms with Crippen LogP contribution in [0.15, 0.2) is 89.9 Å². The number of hydrogen-bond acceptors (Lipinski definition) is 5. The molecule has 36 heavy (non-hydrogen) atoms. The van der Waals surface area contributed by atoms with Gasteiger partial charge in [0, 0.05) is 31.6 Å². The molecule has 0 saturated heterocycles. The van der Waals surface area contributed by atoms with Crippen LogP contribution in [0.2, 0.25) is 0 Å². The largest absolute Gasteiger partial charge is 0.494 e. The van der Waals surface area contributed by atoms with Crippen molar-refractivity contribution in [2.24, 2.45) is 4.99 Å². The van der Waals surface area contributed by atoms with Gasteiger partial charge < -0.3 is 19.9 Å². The Bertz CT molecular complexity index is 1120. The highest BCUT2D eigenvalue weighted by Crippen LogP contribution is 2.27. The van der Waals surface area contributed by atoms with E-state index in [1.165, 1.54) is 5.56 Å². The van der Waals surface area contributed by atoms with Crippen LogP contribution in [0.3, 0.4) is 0 Å². The molecular weight excluding hydrogens is 452 g/mol. The minimum absolute atomic E-state index is 0.0985. The van der Waals surface area contributed by atoms with Crippen LogP contribution in [0.5, 0.6) is 5.75 Å². The fourth-order valence-electron chi connectivity index (χ4n) is 4.23. The fraction of sp³-hybridized carbons (Fsp3) is 0.333. The van der Waals surface area contributed by atoms with Crippen LogP contribution >= 0.6 is 0 Å². The van der Waals surface area contributed by atoms with Gasteiger partial charge in [-0.25, -0.2) is 4.99 Å². The number of hydrogen-bond donors (Lipinski definition) is 2. The number of aliphatic imine (C=N–C) groups is 1. The summed E-state index contributed by atoms with van der Waals surface area (Å²) in [5, 5.41) is 12.0. The van der Waals surface area contributed by atoms with E-state index in [1.54, 1.807) is 0 Å². The third-order valence-electron chi connectivity index (χ3n) is 6.22. The van der Waals surface area contributed by atoms with Crippen molar-refractivity contribution in [3.05, 3.63) is 102 Å². The molecule has 0 bridgehead atoms. The molecule has 0 radical (unpaired) electrons. The normalized spacial score (nSPS) is 16.8. The first kappa shape index (κ1) is 25.5. The molecule has 2 N–H and O–H groups in total. The van der Waals surface area contributed by atoms with Crippen molar-refractivity contribution in [2.75, 3.05) is 26.4 Å². The topological polar surface area (TPSA) is 80.2 Å². The molecular formula is C30H34N2O4. The van der Waals surface area contributed by atoms with E-state index in [0.29, 0.717) is 31.9 Å². The van der Waals surface area contributed by atoms with Crippen LogP contribution in [0.4, 0.5) is 0 Å². The smallest absolute Gasteiger partial charge is 0.251 e. The maximum Gasteiger partial charge on any atom is 0.251 e. The van der Waals surface area contributed by atoms with E-state index in [-0.39, 0.29) is 19.1 Å². The molecule has 0 fully saturated rings. The van der Waals surface area contributed by atoms with Gasteiger partial charge in [-0.1, -0.05) is 60.7 Å². The Kier molecular flexibility index (Phi) is 9.11. The highest BCUT2D eigenvalue weighted by atomic mass is 16.5. The molecule has 0 saturated carbocycles. The molecule has 0 unspecified atom stereocenters. The molecule has 3 aromatic rings. The van der Waals surface area contributed by atoms with Crippen molar-refractivity contribution in [3.8, 4) is 5.75 Å². The van der Waals surface area contributed by atoms with E-state index in [9.17, 15) is 4.79 Å². The summed E-state index contributed by atoms with van der Waals surface area (Å²) in [7, 11) is 0. The standard InChI is InChI=1S/C30H34N2O4/c33-20-9-21-35-27-17-15-26(16-18-27)28-32-30(23-36-28,22-25-13-5-2-6-14-25)29(34)31-19-8-7-12-24-10-3-1-4-11-24/h1-6,10-11,13-18,33H,7-9,12,19-23H2,(H,31,34)/t30-/m1/s1. The molecule has 4 rings (SSSR count). The number of unbranched alkanes of at least 4 members (excludes halogenated alkanes) is 1.